The van der Waals surface area contributed by atoms with Gasteiger partial charge in [0.05, 0.1) is 0 Å². The van der Waals surface area contributed by atoms with Gasteiger partial charge in [-0.15, -0.1) is 13.2 Å². The maximum Gasteiger partial charge on any atom is 0.573 e. The summed E-state index contributed by atoms with van der Waals surface area (Å²) in [6, 6.07) is 5.96. The van der Waals surface area contributed by atoms with Crippen LogP contribution in [0.4, 0.5) is 13.2 Å². The van der Waals surface area contributed by atoms with E-state index < -0.39 is 6.36 Å². The SMILES string of the molecule is CC(S)c1ccccc1OC(F)(F)F. The fraction of sp³-hybridized carbons (Fsp3) is 0.333. The summed E-state index contributed by atoms with van der Waals surface area (Å²) < 4.78 is 39.7. The molecule has 0 aromatic heterocycles. The molecule has 0 aliphatic rings. The van der Waals surface area contributed by atoms with Crippen LogP contribution in [0.15, 0.2) is 24.3 Å². The molecule has 0 saturated heterocycles. The van der Waals surface area contributed by atoms with E-state index in [1.54, 1.807) is 19.1 Å². The first-order chi connectivity index (χ1) is 6.40. The molecule has 0 saturated carbocycles. The van der Waals surface area contributed by atoms with Crippen LogP contribution in [0.1, 0.15) is 17.7 Å². The van der Waals surface area contributed by atoms with Crippen molar-refractivity contribution in [1.29, 1.82) is 0 Å². The molecule has 1 aromatic carbocycles. The van der Waals surface area contributed by atoms with Crippen molar-refractivity contribution in [1.82, 2.24) is 0 Å². The first-order valence-corrected chi connectivity index (χ1v) is 4.44. The molecule has 1 unspecified atom stereocenters. The third kappa shape index (κ3) is 3.14. The molecule has 0 N–H and O–H groups in total. The first kappa shape index (κ1) is 11.2. The van der Waals surface area contributed by atoms with Gasteiger partial charge in [-0.3, -0.25) is 0 Å². The molecule has 1 nitrogen and oxygen atoms in total. The van der Waals surface area contributed by atoms with E-state index in [0.29, 0.717) is 5.56 Å². The molecule has 0 aliphatic heterocycles. The molecule has 0 bridgehead atoms. The number of hydrogen-bond acceptors (Lipinski definition) is 2. The summed E-state index contributed by atoms with van der Waals surface area (Å²) in [6.45, 7) is 1.68. The lowest BCUT2D eigenvalue weighted by molar-refractivity contribution is -0.274. The van der Waals surface area contributed by atoms with E-state index in [4.69, 9.17) is 0 Å². The zero-order valence-electron chi connectivity index (χ0n) is 7.38. The molecule has 0 amide bonds. The number of para-hydroxylation sites is 1. The Bertz CT molecular complexity index is 309. The van der Waals surface area contributed by atoms with Crippen LogP contribution in [0, 0.1) is 0 Å². The Morgan fingerprint density at radius 1 is 1.29 bits per heavy atom. The molecule has 78 valence electrons. The van der Waals surface area contributed by atoms with Gasteiger partial charge in [0.1, 0.15) is 5.75 Å². The van der Waals surface area contributed by atoms with Crippen molar-refractivity contribution in [3.05, 3.63) is 29.8 Å². The normalized spacial score (nSPS) is 13.8. The van der Waals surface area contributed by atoms with Gasteiger partial charge < -0.3 is 4.74 Å². The van der Waals surface area contributed by atoms with Crippen molar-refractivity contribution >= 4 is 12.6 Å². The summed E-state index contributed by atoms with van der Waals surface area (Å²) in [6.07, 6.45) is -4.65. The number of thiol groups is 1. The second-order valence-electron chi connectivity index (χ2n) is 2.76. The third-order valence-corrected chi connectivity index (χ3v) is 1.87. The van der Waals surface area contributed by atoms with Crippen LogP contribution < -0.4 is 4.74 Å². The summed E-state index contributed by atoms with van der Waals surface area (Å²) >= 11 is 4.06. The van der Waals surface area contributed by atoms with Gasteiger partial charge >= 0.3 is 6.36 Å². The molecule has 0 radical (unpaired) electrons. The molecular formula is C9H9F3OS. The van der Waals surface area contributed by atoms with E-state index >= 15 is 0 Å². The predicted molar refractivity (Wildman–Crippen MR) is 50.5 cm³/mol. The predicted octanol–water partition coefficient (Wildman–Crippen LogP) is 3.58. The Labute approximate surface area is 85.3 Å². The number of alkyl halides is 3. The van der Waals surface area contributed by atoms with Gasteiger partial charge in [-0.1, -0.05) is 18.2 Å². The van der Waals surface area contributed by atoms with Gasteiger partial charge in [0.15, 0.2) is 0 Å². The number of ether oxygens (including phenoxy) is 1. The smallest absolute Gasteiger partial charge is 0.405 e. The number of halogens is 3. The molecule has 5 heteroatoms. The minimum atomic E-state index is -4.65. The highest BCUT2D eigenvalue weighted by Crippen LogP contribution is 2.32. The second kappa shape index (κ2) is 4.13. The zero-order valence-corrected chi connectivity index (χ0v) is 8.27. The average Bonchev–Trinajstić information content (AvgIpc) is 2.01. The minimum Gasteiger partial charge on any atom is -0.405 e. The lowest BCUT2D eigenvalue weighted by Crippen LogP contribution is -2.18. The molecule has 1 aromatic rings. The van der Waals surface area contributed by atoms with Gasteiger partial charge in [0, 0.05) is 10.8 Å². The van der Waals surface area contributed by atoms with Gasteiger partial charge in [-0.2, -0.15) is 12.6 Å². The van der Waals surface area contributed by atoms with E-state index in [1.165, 1.54) is 12.1 Å². The lowest BCUT2D eigenvalue weighted by atomic mass is 10.1. The van der Waals surface area contributed by atoms with Gasteiger partial charge in [-0.25, -0.2) is 0 Å². The van der Waals surface area contributed by atoms with E-state index in [0.717, 1.165) is 0 Å². The van der Waals surface area contributed by atoms with Crippen LogP contribution in [0.5, 0.6) is 5.75 Å². The molecular weight excluding hydrogens is 213 g/mol. The maximum absolute atomic E-state index is 11.9. The Kier molecular flexibility index (Phi) is 3.31. The van der Waals surface area contributed by atoms with Crippen molar-refractivity contribution in [2.75, 3.05) is 0 Å². The third-order valence-electron chi connectivity index (χ3n) is 1.59. The topological polar surface area (TPSA) is 9.23 Å². The standard InChI is InChI=1S/C9H9F3OS/c1-6(14)7-4-2-3-5-8(7)13-9(10,11)12/h2-6,14H,1H3. The number of rotatable bonds is 2. The van der Waals surface area contributed by atoms with Crippen LogP contribution in [-0.2, 0) is 0 Å². The summed E-state index contributed by atoms with van der Waals surface area (Å²) in [5.74, 6) is -0.192. The molecule has 14 heavy (non-hydrogen) atoms. The zero-order chi connectivity index (χ0) is 10.8. The van der Waals surface area contributed by atoms with E-state index in [-0.39, 0.29) is 11.0 Å². The fourth-order valence-corrected chi connectivity index (χ4v) is 1.26. The van der Waals surface area contributed by atoms with E-state index in [9.17, 15) is 13.2 Å². The molecule has 0 spiro atoms. The average molecular weight is 222 g/mol. The number of benzene rings is 1. The molecule has 0 aliphatic carbocycles. The molecule has 1 atom stereocenters. The van der Waals surface area contributed by atoms with Gasteiger partial charge in [0.25, 0.3) is 0 Å². The minimum absolute atomic E-state index is 0.192. The maximum atomic E-state index is 11.9. The van der Waals surface area contributed by atoms with E-state index in [1.807, 2.05) is 0 Å². The van der Waals surface area contributed by atoms with Crippen molar-refractivity contribution in [2.45, 2.75) is 18.5 Å². The highest BCUT2D eigenvalue weighted by molar-refractivity contribution is 7.80. The first-order valence-electron chi connectivity index (χ1n) is 3.93. The quantitative estimate of drug-likeness (QED) is 0.752. The van der Waals surface area contributed by atoms with Crippen LogP contribution in [0.2, 0.25) is 0 Å². The highest BCUT2D eigenvalue weighted by Gasteiger charge is 2.32. The second-order valence-corrected chi connectivity index (χ2v) is 3.54. The van der Waals surface area contributed by atoms with Crippen molar-refractivity contribution in [3.8, 4) is 5.75 Å². The van der Waals surface area contributed by atoms with Crippen molar-refractivity contribution < 1.29 is 17.9 Å². The van der Waals surface area contributed by atoms with Crippen LogP contribution in [0.3, 0.4) is 0 Å². The monoisotopic (exact) mass is 222 g/mol. The molecule has 0 heterocycles. The largest absolute Gasteiger partial charge is 0.573 e. The summed E-state index contributed by atoms with van der Waals surface area (Å²) in [7, 11) is 0. The van der Waals surface area contributed by atoms with Crippen LogP contribution in [-0.4, -0.2) is 6.36 Å². The summed E-state index contributed by atoms with van der Waals surface area (Å²) in [5.41, 5.74) is 0.424. The Morgan fingerprint density at radius 2 is 1.86 bits per heavy atom. The number of hydrogen-bond donors (Lipinski definition) is 1. The van der Waals surface area contributed by atoms with Crippen molar-refractivity contribution in [3.63, 3.8) is 0 Å². The Morgan fingerprint density at radius 3 is 2.36 bits per heavy atom. The van der Waals surface area contributed by atoms with Crippen molar-refractivity contribution in [2.24, 2.45) is 0 Å². The lowest BCUT2D eigenvalue weighted by Gasteiger charge is -2.14. The Hall–Kier alpha value is -0.840. The summed E-state index contributed by atoms with van der Waals surface area (Å²) in [4.78, 5) is 0. The van der Waals surface area contributed by atoms with Crippen LogP contribution in [0.25, 0.3) is 0 Å². The van der Waals surface area contributed by atoms with E-state index in [2.05, 4.69) is 17.4 Å². The molecule has 1 rings (SSSR count). The fourth-order valence-electron chi connectivity index (χ4n) is 1.04. The Balaban J connectivity index is 2.96. The van der Waals surface area contributed by atoms with Crippen LogP contribution >= 0.6 is 12.6 Å². The van der Waals surface area contributed by atoms with Gasteiger partial charge in [-0.05, 0) is 13.0 Å². The molecule has 0 fully saturated rings. The summed E-state index contributed by atoms with van der Waals surface area (Å²) in [5, 5.41) is -0.298. The van der Waals surface area contributed by atoms with Gasteiger partial charge in [0.2, 0.25) is 0 Å². The highest BCUT2D eigenvalue weighted by atomic mass is 32.1.